The normalized spacial score (nSPS) is 10.5. The molecule has 0 aliphatic heterocycles. The van der Waals surface area contributed by atoms with E-state index in [0.717, 1.165) is 16.7 Å². The van der Waals surface area contributed by atoms with Crippen LogP contribution in [0.3, 0.4) is 0 Å². The second kappa shape index (κ2) is 12.9. The molecule has 0 fully saturated rings. The quantitative estimate of drug-likeness (QED) is 0.316. The predicted molar refractivity (Wildman–Crippen MR) is 128 cm³/mol. The highest BCUT2D eigenvalue weighted by atomic mass is 16.7. The lowest BCUT2D eigenvalue weighted by Crippen LogP contribution is -2.24. The van der Waals surface area contributed by atoms with Gasteiger partial charge in [0.05, 0.1) is 24.8 Å². The number of nitrogens with zero attached hydrogens (tertiary/aromatic N) is 1. The van der Waals surface area contributed by atoms with Gasteiger partial charge in [-0.2, -0.15) is 5.26 Å². The SMILES string of the molecule is COCCOCOc1ccc(C#N)cc1CCCNC(=O)c1ccc(-c2ccc(=O)[nH]c2)cc1. The molecule has 1 aromatic heterocycles. The van der Waals surface area contributed by atoms with E-state index in [0.29, 0.717) is 49.5 Å². The predicted octanol–water partition coefficient (Wildman–Crippen LogP) is 3.28. The van der Waals surface area contributed by atoms with E-state index >= 15 is 0 Å². The van der Waals surface area contributed by atoms with Crippen LogP contribution in [0.1, 0.15) is 27.9 Å². The number of aromatic amines is 1. The third-order valence-corrected chi connectivity index (χ3v) is 5.09. The largest absolute Gasteiger partial charge is 0.467 e. The molecule has 0 aliphatic carbocycles. The maximum atomic E-state index is 12.5. The number of H-pyrrole nitrogens is 1. The van der Waals surface area contributed by atoms with E-state index in [1.54, 1.807) is 49.7 Å². The Hall–Kier alpha value is -3.93. The molecule has 2 aromatic carbocycles. The highest BCUT2D eigenvalue weighted by Gasteiger charge is 2.09. The van der Waals surface area contributed by atoms with E-state index in [2.05, 4.69) is 16.4 Å². The number of hydrogen-bond donors (Lipinski definition) is 2. The zero-order valence-electron chi connectivity index (χ0n) is 19.0. The van der Waals surface area contributed by atoms with Gasteiger partial charge in [0.25, 0.3) is 5.91 Å². The smallest absolute Gasteiger partial charge is 0.251 e. The highest BCUT2D eigenvalue weighted by Crippen LogP contribution is 2.22. The number of aromatic nitrogens is 1. The van der Waals surface area contributed by atoms with Crippen molar-refractivity contribution < 1.29 is 19.0 Å². The van der Waals surface area contributed by atoms with Crippen molar-refractivity contribution >= 4 is 5.91 Å². The molecule has 0 radical (unpaired) electrons. The van der Waals surface area contributed by atoms with Crippen LogP contribution in [-0.4, -0.2) is 44.6 Å². The van der Waals surface area contributed by atoms with Gasteiger partial charge in [0.15, 0.2) is 6.79 Å². The number of pyridine rings is 1. The summed E-state index contributed by atoms with van der Waals surface area (Å²) >= 11 is 0. The second-order valence-corrected chi connectivity index (χ2v) is 7.48. The number of methoxy groups -OCH3 is 1. The Labute approximate surface area is 198 Å². The fourth-order valence-corrected chi connectivity index (χ4v) is 3.28. The van der Waals surface area contributed by atoms with Gasteiger partial charge < -0.3 is 24.5 Å². The maximum absolute atomic E-state index is 12.5. The van der Waals surface area contributed by atoms with Crippen molar-refractivity contribution in [1.29, 1.82) is 5.26 Å². The lowest BCUT2D eigenvalue weighted by atomic mass is 10.0. The summed E-state index contributed by atoms with van der Waals surface area (Å²) in [6.45, 7) is 1.48. The lowest BCUT2D eigenvalue weighted by molar-refractivity contribution is -0.00887. The van der Waals surface area contributed by atoms with E-state index in [-0.39, 0.29) is 18.3 Å². The summed E-state index contributed by atoms with van der Waals surface area (Å²) in [6.07, 6.45) is 2.95. The van der Waals surface area contributed by atoms with Gasteiger partial charge in [0.2, 0.25) is 5.56 Å². The van der Waals surface area contributed by atoms with Crippen molar-refractivity contribution in [2.75, 3.05) is 33.7 Å². The number of nitriles is 1. The fourth-order valence-electron chi connectivity index (χ4n) is 3.28. The van der Waals surface area contributed by atoms with E-state index in [1.807, 2.05) is 12.1 Å². The zero-order chi connectivity index (χ0) is 24.2. The van der Waals surface area contributed by atoms with E-state index in [9.17, 15) is 14.9 Å². The van der Waals surface area contributed by atoms with Crippen LogP contribution in [0.4, 0.5) is 0 Å². The number of carbonyl (C=O) groups excluding carboxylic acids is 1. The van der Waals surface area contributed by atoms with E-state index in [1.165, 1.54) is 6.07 Å². The standard InChI is InChI=1S/C26H27N3O5/c1-32-13-14-33-18-34-24-10-4-19(16-27)15-22(24)3-2-12-28-26(31)21-7-5-20(6-8-21)23-9-11-25(30)29-17-23/h4-11,15,17H,2-3,12-14,18H2,1H3,(H,28,31)(H,29,30). The minimum absolute atomic E-state index is 0.0913. The number of carbonyl (C=O) groups is 1. The number of benzene rings is 2. The van der Waals surface area contributed by atoms with Gasteiger partial charge in [0.1, 0.15) is 5.75 Å². The monoisotopic (exact) mass is 461 g/mol. The minimum Gasteiger partial charge on any atom is -0.467 e. The van der Waals surface area contributed by atoms with Gasteiger partial charge >= 0.3 is 0 Å². The molecule has 176 valence electrons. The summed E-state index contributed by atoms with van der Waals surface area (Å²) in [6, 6.07) is 17.8. The van der Waals surface area contributed by atoms with Crippen molar-refractivity contribution in [3.05, 3.63) is 87.8 Å². The lowest BCUT2D eigenvalue weighted by Gasteiger charge is -2.12. The van der Waals surface area contributed by atoms with Gasteiger partial charge in [-0.05, 0) is 65.9 Å². The van der Waals surface area contributed by atoms with Crippen LogP contribution in [-0.2, 0) is 15.9 Å². The molecule has 3 rings (SSSR count). The van der Waals surface area contributed by atoms with Crippen molar-refractivity contribution in [2.45, 2.75) is 12.8 Å². The first-order chi connectivity index (χ1) is 16.6. The summed E-state index contributed by atoms with van der Waals surface area (Å²) in [5.41, 5.74) is 3.60. The Balaban J connectivity index is 1.50. The highest BCUT2D eigenvalue weighted by molar-refractivity contribution is 5.94. The van der Waals surface area contributed by atoms with Gasteiger partial charge in [-0.1, -0.05) is 12.1 Å². The van der Waals surface area contributed by atoms with Crippen LogP contribution < -0.4 is 15.6 Å². The average molecular weight is 462 g/mol. The Morgan fingerprint density at radius 3 is 2.56 bits per heavy atom. The molecule has 1 heterocycles. The Bertz CT molecular complexity index is 1160. The van der Waals surface area contributed by atoms with Crippen LogP contribution in [0.5, 0.6) is 5.75 Å². The molecule has 0 bridgehead atoms. The van der Waals surface area contributed by atoms with Crippen molar-refractivity contribution in [3.8, 4) is 22.9 Å². The molecule has 0 spiro atoms. The summed E-state index contributed by atoms with van der Waals surface area (Å²) in [5.74, 6) is 0.488. The zero-order valence-corrected chi connectivity index (χ0v) is 19.0. The molecule has 3 aromatic rings. The van der Waals surface area contributed by atoms with Gasteiger partial charge in [0, 0.05) is 31.5 Å². The van der Waals surface area contributed by atoms with Gasteiger partial charge in [-0.3, -0.25) is 9.59 Å². The topological polar surface area (TPSA) is 113 Å². The van der Waals surface area contributed by atoms with Crippen LogP contribution in [0.15, 0.2) is 65.6 Å². The summed E-state index contributed by atoms with van der Waals surface area (Å²) in [7, 11) is 1.60. The maximum Gasteiger partial charge on any atom is 0.251 e. The Kier molecular flexibility index (Phi) is 9.40. The van der Waals surface area contributed by atoms with Crippen molar-refractivity contribution in [2.24, 2.45) is 0 Å². The molecular weight excluding hydrogens is 434 g/mol. The first kappa shape index (κ1) is 24.7. The van der Waals surface area contributed by atoms with Crippen molar-refractivity contribution in [1.82, 2.24) is 10.3 Å². The van der Waals surface area contributed by atoms with E-state index < -0.39 is 0 Å². The first-order valence-corrected chi connectivity index (χ1v) is 10.9. The second-order valence-electron chi connectivity index (χ2n) is 7.48. The molecule has 0 saturated heterocycles. The molecule has 8 nitrogen and oxygen atoms in total. The summed E-state index contributed by atoms with van der Waals surface area (Å²) in [4.78, 5) is 26.3. The fraction of sp³-hybridized carbons (Fsp3) is 0.269. The average Bonchev–Trinajstić information content (AvgIpc) is 2.87. The third kappa shape index (κ3) is 7.30. The molecule has 1 amide bonds. The molecular formula is C26H27N3O5. The Morgan fingerprint density at radius 1 is 1.06 bits per heavy atom. The number of nitrogens with one attached hydrogen (secondary N) is 2. The van der Waals surface area contributed by atoms with Crippen molar-refractivity contribution in [3.63, 3.8) is 0 Å². The first-order valence-electron chi connectivity index (χ1n) is 10.9. The molecule has 8 heteroatoms. The molecule has 34 heavy (non-hydrogen) atoms. The summed E-state index contributed by atoms with van der Waals surface area (Å²) < 4.78 is 16.0. The molecule has 0 atom stereocenters. The number of hydrogen-bond acceptors (Lipinski definition) is 6. The van der Waals surface area contributed by atoms with Crippen LogP contribution >= 0.6 is 0 Å². The molecule has 0 unspecified atom stereocenters. The number of aryl methyl sites for hydroxylation is 1. The summed E-state index contributed by atoms with van der Waals surface area (Å²) in [5, 5.41) is 12.1. The number of rotatable bonds is 12. The molecule has 0 saturated carbocycles. The van der Waals surface area contributed by atoms with Crippen LogP contribution in [0.25, 0.3) is 11.1 Å². The minimum atomic E-state index is -0.165. The molecule has 2 N–H and O–H groups in total. The Morgan fingerprint density at radius 2 is 1.85 bits per heavy atom. The van der Waals surface area contributed by atoms with Gasteiger partial charge in [-0.25, -0.2) is 0 Å². The van der Waals surface area contributed by atoms with Crippen LogP contribution in [0, 0.1) is 11.3 Å². The van der Waals surface area contributed by atoms with Gasteiger partial charge in [-0.15, -0.1) is 0 Å². The number of amides is 1. The molecule has 0 aliphatic rings. The van der Waals surface area contributed by atoms with E-state index in [4.69, 9.17) is 14.2 Å². The number of ether oxygens (including phenoxy) is 3. The third-order valence-electron chi connectivity index (χ3n) is 5.09. The van der Waals surface area contributed by atoms with Crippen LogP contribution in [0.2, 0.25) is 0 Å².